The number of carbonyl (C=O) groups is 1. The van der Waals surface area contributed by atoms with Crippen LogP contribution in [0.25, 0.3) is 6.08 Å². The summed E-state index contributed by atoms with van der Waals surface area (Å²) in [5.74, 6) is 0.205. The van der Waals surface area contributed by atoms with Crippen molar-refractivity contribution in [1.82, 2.24) is 0 Å². The Labute approximate surface area is 104 Å². The molecule has 0 aliphatic rings. The van der Waals surface area contributed by atoms with Crippen molar-refractivity contribution in [3.05, 3.63) is 40.2 Å². The molecule has 0 saturated heterocycles. The highest BCUT2D eigenvalue weighted by Crippen LogP contribution is 2.21. The zero-order chi connectivity index (χ0) is 12.1. The van der Waals surface area contributed by atoms with Crippen molar-refractivity contribution in [1.29, 1.82) is 0 Å². The van der Waals surface area contributed by atoms with Gasteiger partial charge in [0.05, 0.1) is 0 Å². The van der Waals surface area contributed by atoms with Gasteiger partial charge >= 0.3 is 0 Å². The molecule has 0 radical (unpaired) electrons. The normalized spacial score (nSPS) is 11.0. The number of hydrogen-bond donors (Lipinski definition) is 0. The smallest absolute Gasteiger partial charge is 0.186 e. The van der Waals surface area contributed by atoms with Gasteiger partial charge in [0, 0.05) is 23.3 Å². The lowest BCUT2D eigenvalue weighted by atomic mass is 10.1. The van der Waals surface area contributed by atoms with Crippen LogP contribution in [-0.2, 0) is 4.79 Å². The molecule has 1 rings (SSSR count). The number of rotatable bonds is 3. The molecular weight excluding hydrogens is 247 g/mol. The molecule has 0 atom stereocenters. The molecule has 0 heterocycles. The lowest BCUT2D eigenvalue weighted by molar-refractivity contribution is -0.109. The van der Waals surface area contributed by atoms with E-state index in [1.165, 1.54) is 24.8 Å². The molecule has 0 aliphatic carbocycles. The van der Waals surface area contributed by atoms with Crippen LogP contribution in [0.5, 0.6) is 0 Å². The lowest BCUT2D eigenvalue weighted by Gasteiger charge is -2.01. The van der Waals surface area contributed by atoms with Gasteiger partial charge in [-0.05, 0) is 24.6 Å². The van der Waals surface area contributed by atoms with Gasteiger partial charge in [-0.15, -0.1) is 0 Å². The van der Waals surface area contributed by atoms with Gasteiger partial charge in [0.15, 0.2) is 5.12 Å². The summed E-state index contributed by atoms with van der Waals surface area (Å²) in [6.45, 7) is 3.33. The highest BCUT2D eigenvalue weighted by molar-refractivity contribution is 8.13. The standard InChI is InChI=1S/C12H12ClFOS/c1-8-6-10(12(14)7-11(8)13)4-3-5-16-9(2)15/h3-4,6-7H,5H2,1-2H3. The highest BCUT2D eigenvalue weighted by atomic mass is 35.5. The maximum absolute atomic E-state index is 13.4. The van der Waals surface area contributed by atoms with E-state index in [4.69, 9.17) is 11.6 Å². The van der Waals surface area contributed by atoms with Crippen LogP contribution in [0, 0.1) is 12.7 Å². The van der Waals surface area contributed by atoms with E-state index in [9.17, 15) is 9.18 Å². The van der Waals surface area contributed by atoms with E-state index in [-0.39, 0.29) is 10.9 Å². The second kappa shape index (κ2) is 6.06. The summed E-state index contributed by atoms with van der Waals surface area (Å²) in [6, 6.07) is 2.99. The van der Waals surface area contributed by atoms with E-state index in [2.05, 4.69) is 0 Å². The summed E-state index contributed by atoms with van der Waals surface area (Å²) < 4.78 is 13.4. The zero-order valence-electron chi connectivity index (χ0n) is 9.09. The summed E-state index contributed by atoms with van der Waals surface area (Å²) in [4.78, 5) is 10.7. The summed E-state index contributed by atoms with van der Waals surface area (Å²) in [6.07, 6.45) is 3.42. The molecule has 4 heteroatoms. The van der Waals surface area contributed by atoms with E-state index >= 15 is 0 Å². The Kier molecular flexibility index (Phi) is 5.03. The zero-order valence-corrected chi connectivity index (χ0v) is 10.7. The van der Waals surface area contributed by atoms with Gasteiger partial charge in [-0.3, -0.25) is 4.79 Å². The molecule has 16 heavy (non-hydrogen) atoms. The maximum Gasteiger partial charge on any atom is 0.186 e. The van der Waals surface area contributed by atoms with Crippen molar-refractivity contribution in [2.24, 2.45) is 0 Å². The van der Waals surface area contributed by atoms with E-state index in [0.29, 0.717) is 16.3 Å². The fourth-order valence-corrected chi connectivity index (χ4v) is 1.73. The second-order valence-corrected chi connectivity index (χ2v) is 4.93. The number of halogens is 2. The Morgan fingerprint density at radius 2 is 2.25 bits per heavy atom. The number of benzene rings is 1. The number of aryl methyl sites for hydroxylation is 1. The summed E-state index contributed by atoms with van der Waals surface area (Å²) in [7, 11) is 0. The van der Waals surface area contributed by atoms with Crippen molar-refractivity contribution in [3.8, 4) is 0 Å². The second-order valence-electron chi connectivity index (χ2n) is 3.33. The predicted octanol–water partition coefficient (Wildman–Crippen LogP) is 4.08. The third kappa shape index (κ3) is 3.99. The molecule has 0 aromatic heterocycles. The average Bonchev–Trinajstić information content (AvgIpc) is 2.19. The molecule has 0 spiro atoms. The van der Waals surface area contributed by atoms with Crippen LogP contribution in [0.3, 0.4) is 0 Å². The van der Waals surface area contributed by atoms with Gasteiger partial charge in [0.2, 0.25) is 0 Å². The molecule has 0 N–H and O–H groups in total. The quantitative estimate of drug-likeness (QED) is 0.813. The molecule has 0 unspecified atom stereocenters. The molecule has 1 aromatic carbocycles. The van der Waals surface area contributed by atoms with Crippen LogP contribution in [-0.4, -0.2) is 10.9 Å². The summed E-state index contributed by atoms with van der Waals surface area (Å²) in [5.41, 5.74) is 1.33. The largest absolute Gasteiger partial charge is 0.288 e. The van der Waals surface area contributed by atoms with Gasteiger partial charge in [-0.25, -0.2) is 4.39 Å². The number of carbonyl (C=O) groups excluding carboxylic acids is 1. The first-order chi connectivity index (χ1) is 7.50. The Bertz CT molecular complexity index is 429. The first kappa shape index (κ1) is 13.3. The summed E-state index contributed by atoms with van der Waals surface area (Å²) >= 11 is 6.97. The van der Waals surface area contributed by atoms with Crippen LogP contribution < -0.4 is 0 Å². The van der Waals surface area contributed by atoms with Crippen molar-refractivity contribution in [3.63, 3.8) is 0 Å². The van der Waals surface area contributed by atoms with Gasteiger partial charge in [0.1, 0.15) is 5.82 Å². The predicted molar refractivity (Wildman–Crippen MR) is 68.3 cm³/mol. The SMILES string of the molecule is CC(=O)SCC=Cc1cc(C)c(Cl)cc1F. The number of thioether (sulfide) groups is 1. The molecule has 1 aromatic rings. The van der Waals surface area contributed by atoms with E-state index in [0.717, 1.165) is 5.56 Å². The minimum Gasteiger partial charge on any atom is -0.288 e. The van der Waals surface area contributed by atoms with E-state index in [1.54, 1.807) is 18.2 Å². The number of hydrogen-bond acceptors (Lipinski definition) is 2. The Morgan fingerprint density at radius 1 is 1.56 bits per heavy atom. The fraction of sp³-hybridized carbons (Fsp3) is 0.250. The highest BCUT2D eigenvalue weighted by Gasteiger charge is 2.03. The van der Waals surface area contributed by atoms with Crippen molar-refractivity contribution in [2.45, 2.75) is 13.8 Å². The van der Waals surface area contributed by atoms with Crippen LogP contribution in [0.1, 0.15) is 18.1 Å². The van der Waals surface area contributed by atoms with E-state index in [1.807, 2.05) is 6.92 Å². The lowest BCUT2D eigenvalue weighted by Crippen LogP contribution is -1.86. The maximum atomic E-state index is 13.4. The average molecular weight is 259 g/mol. The molecule has 0 fully saturated rings. The molecule has 86 valence electrons. The van der Waals surface area contributed by atoms with Gasteiger partial charge < -0.3 is 0 Å². The van der Waals surface area contributed by atoms with Crippen molar-refractivity contribution in [2.75, 3.05) is 5.75 Å². The Hall–Kier alpha value is -0.800. The molecular formula is C12H12ClFOS. The van der Waals surface area contributed by atoms with Crippen LogP contribution in [0.2, 0.25) is 5.02 Å². The molecule has 0 bridgehead atoms. The van der Waals surface area contributed by atoms with Crippen LogP contribution in [0.4, 0.5) is 4.39 Å². The Morgan fingerprint density at radius 3 is 2.88 bits per heavy atom. The van der Waals surface area contributed by atoms with Crippen LogP contribution in [0.15, 0.2) is 18.2 Å². The topological polar surface area (TPSA) is 17.1 Å². The van der Waals surface area contributed by atoms with Gasteiger partial charge in [-0.2, -0.15) is 0 Å². The van der Waals surface area contributed by atoms with Gasteiger partial charge in [-0.1, -0.05) is 35.5 Å². The molecule has 0 saturated carbocycles. The minimum atomic E-state index is -0.348. The third-order valence-electron chi connectivity index (χ3n) is 1.96. The van der Waals surface area contributed by atoms with E-state index < -0.39 is 0 Å². The monoisotopic (exact) mass is 258 g/mol. The van der Waals surface area contributed by atoms with Crippen molar-refractivity contribution >= 4 is 34.6 Å². The molecule has 0 amide bonds. The summed E-state index contributed by atoms with van der Waals surface area (Å²) in [5, 5.41) is 0.477. The fourth-order valence-electron chi connectivity index (χ4n) is 1.15. The molecule has 1 nitrogen and oxygen atoms in total. The van der Waals surface area contributed by atoms with Crippen molar-refractivity contribution < 1.29 is 9.18 Å². The molecule has 0 aliphatic heterocycles. The van der Waals surface area contributed by atoms with Crippen LogP contribution >= 0.6 is 23.4 Å². The third-order valence-corrected chi connectivity index (χ3v) is 3.13. The first-order valence-corrected chi connectivity index (χ1v) is 6.12. The van der Waals surface area contributed by atoms with Gasteiger partial charge in [0.25, 0.3) is 0 Å². The minimum absolute atomic E-state index is 0.0532. The Balaban J connectivity index is 2.73. The first-order valence-electron chi connectivity index (χ1n) is 4.76.